The number of carbonyl (C=O) groups excluding carboxylic acids is 1. The highest BCUT2D eigenvalue weighted by molar-refractivity contribution is 6.33. The van der Waals surface area contributed by atoms with Crippen LogP contribution in [-0.4, -0.2) is 24.7 Å². The van der Waals surface area contributed by atoms with E-state index in [0.29, 0.717) is 22.9 Å². The number of carbonyl (C=O) groups is 1. The predicted molar refractivity (Wildman–Crippen MR) is 84.7 cm³/mol. The van der Waals surface area contributed by atoms with Crippen LogP contribution >= 0.6 is 11.6 Å². The van der Waals surface area contributed by atoms with Crippen LogP contribution in [0, 0.1) is 0 Å². The number of para-hydroxylation sites is 2. The Balaban J connectivity index is 1.67. The summed E-state index contributed by atoms with van der Waals surface area (Å²) in [5, 5.41) is 3.34. The fourth-order valence-corrected chi connectivity index (χ4v) is 2.53. The summed E-state index contributed by atoms with van der Waals surface area (Å²) in [4.78, 5) is 12.3. The third kappa shape index (κ3) is 3.02. The van der Waals surface area contributed by atoms with E-state index in [9.17, 15) is 4.79 Å². The lowest BCUT2D eigenvalue weighted by molar-refractivity contribution is 0.0606. The fourth-order valence-electron chi connectivity index (χ4n) is 2.31. The van der Waals surface area contributed by atoms with Crippen LogP contribution in [0.2, 0.25) is 5.02 Å². The zero-order valence-corrected chi connectivity index (χ0v) is 12.8. The third-order valence-electron chi connectivity index (χ3n) is 3.57. The Morgan fingerprint density at radius 2 is 1.86 bits per heavy atom. The molecule has 0 radical (unpaired) electrons. The number of fused-ring (bicyclic) bond motifs is 1. The summed E-state index contributed by atoms with van der Waals surface area (Å²) in [6.45, 7) is 2.28. The van der Waals surface area contributed by atoms with E-state index >= 15 is 0 Å². The van der Waals surface area contributed by atoms with Crippen LogP contribution in [0.3, 0.4) is 0 Å². The molecule has 0 saturated heterocycles. The predicted octanol–water partition coefficient (Wildman–Crippen LogP) is 3.30. The molecule has 1 amide bonds. The molecule has 1 N–H and O–H groups in total. The lowest BCUT2D eigenvalue weighted by Gasteiger charge is -2.30. The summed E-state index contributed by atoms with van der Waals surface area (Å²) in [6.07, 6.45) is -0.249. The summed E-state index contributed by atoms with van der Waals surface area (Å²) in [5.74, 6) is 1.20. The molecule has 1 aliphatic rings. The highest BCUT2D eigenvalue weighted by atomic mass is 35.5. The van der Waals surface area contributed by atoms with Gasteiger partial charge in [0.1, 0.15) is 6.61 Å². The van der Waals surface area contributed by atoms with Crippen LogP contribution in [0.5, 0.6) is 11.5 Å². The molecule has 5 heteroatoms. The number of amides is 1. The largest absolute Gasteiger partial charge is 0.486 e. The van der Waals surface area contributed by atoms with E-state index in [4.69, 9.17) is 21.1 Å². The first-order valence-corrected chi connectivity index (χ1v) is 7.47. The van der Waals surface area contributed by atoms with Crippen LogP contribution in [0.1, 0.15) is 17.3 Å². The number of hydrogen-bond donors (Lipinski definition) is 1. The Hall–Kier alpha value is -2.20. The average Bonchev–Trinajstić information content (AvgIpc) is 2.54. The van der Waals surface area contributed by atoms with Crippen molar-refractivity contribution in [3.63, 3.8) is 0 Å². The number of nitrogens with one attached hydrogen (secondary N) is 1. The van der Waals surface area contributed by atoms with E-state index in [2.05, 4.69) is 5.32 Å². The van der Waals surface area contributed by atoms with Gasteiger partial charge >= 0.3 is 0 Å². The summed E-state index contributed by atoms with van der Waals surface area (Å²) in [5.41, 5.74) is 0.452. The first-order chi connectivity index (χ1) is 10.6. The van der Waals surface area contributed by atoms with Crippen molar-refractivity contribution in [2.45, 2.75) is 19.1 Å². The van der Waals surface area contributed by atoms with Gasteiger partial charge in [-0.25, -0.2) is 0 Å². The molecule has 4 nitrogen and oxygen atoms in total. The van der Waals surface area contributed by atoms with Crippen molar-refractivity contribution < 1.29 is 14.3 Å². The number of hydrogen-bond acceptors (Lipinski definition) is 3. The van der Waals surface area contributed by atoms with E-state index in [1.54, 1.807) is 24.3 Å². The van der Waals surface area contributed by atoms with Crippen molar-refractivity contribution in [3.05, 3.63) is 59.1 Å². The van der Waals surface area contributed by atoms with Crippen molar-refractivity contribution in [1.82, 2.24) is 5.32 Å². The number of ether oxygens (including phenoxy) is 2. The van der Waals surface area contributed by atoms with Gasteiger partial charge in [0, 0.05) is 0 Å². The number of rotatable bonds is 3. The highest BCUT2D eigenvalue weighted by Crippen LogP contribution is 2.31. The van der Waals surface area contributed by atoms with Crippen molar-refractivity contribution >= 4 is 17.5 Å². The summed E-state index contributed by atoms with van der Waals surface area (Å²) < 4.78 is 11.6. The Labute approximate surface area is 134 Å². The minimum Gasteiger partial charge on any atom is -0.486 e. The molecule has 2 aromatic rings. The highest BCUT2D eigenvalue weighted by Gasteiger charge is 2.27. The van der Waals surface area contributed by atoms with Gasteiger partial charge in [-0.15, -0.1) is 0 Å². The van der Waals surface area contributed by atoms with Gasteiger partial charge in [-0.2, -0.15) is 0 Å². The quantitative estimate of drug-likeness (QED) is 0.945. The lowest BCUT2D eigenvalue weighted by Crippen LogP contribution is -2.48. The van der Waals surface area contributed by atoms with Gasteiger partial charge in [-0.1, -0.05) is 35.9 Å². The molecule has 0 fully saturated rings. The Kier molecular flexibility index (Phi) is 4.20. The molecular weight excluding hydrogens is 302 g/mol. The Morgan fingerprint density at radius 1 is 1.18 bits per heavy atom. The standard InChI is InChI=1S/C17H16ClNO3/c1-11(19-17(20)12-6-2-3-7-13(12)18)16-10-21-14-8-4-5-9-15(14)22-16/h2-9,11,16H,10H2,1H3,(H,19,20)/t11-,16+/m0/s1. The molecule has 0 bridgehead atoms. The molecule has 0 aromatic heterocycles. The summed E-state index contributed by atoms with van der Waals surface area (Å²) >= 11 is 6.04. The average molecular weight is 318 g/mol. The van der Waals surface area contributed by atoms with Gasteiger partial charge in [0.05, 0.1) is 16.6 Å². The third-order valence-corrected chi connectivity index (χ3v) is 3.90. The molecule has 3 rings (SSSR count). The second kappa shape index (κ2) is 6.28. The normalized spacial score (nSPS) is 17.6. The Bertz CT molecular complexity index is 689. The molecule has 2 atom stereocenters. The lowest BCUT2D eigenvalue weighted by atomic mass is 10.1. The molecule has 2 aromatic carbocycles. The first kappa shape index (κ1) is 14.7. The Morgan fingerprint density at radius 3 is 2.64 bits per heavy atom. The van der Waals surface area contributed by atoms with Crippen LogP contribution in [0.25, 0.3) is 0 Å². The molecule has 0 saturated carbocycles. The van der Waals surface area contributed by atoms with Crippen molar-refractivity contribution in [2.75, 3.05) is 6.61 Å². The van der Waals surface area contributed by atoms with Crippen LogP contribution in [0.4, 0.5) is 0 Å². The maximum absolute atomic E-state index is 12.3. The molecule has 1 heterocycles. The van der Waals surface area contributed by atoms with Gasteiger partial charge in [-0.3, -0.25) is 4.79 Å². The molecular formula is C17H16ClNO3. The minimum absolute atomic E-state index is 0.211. The number of halogens is 1. The SMILES string of the molecule is C[C@H](NC(=O)c1ccccc1Cl)[C@H]1COc2ccccc2O1. The second-order valence-electron chi connectivity index (χ2n) is 5.16. The van der Waals surface area contributed by atoms with E-state index in [1.807, 2.05) is 31.2 Å². The van der Waals surface area contributed by atoms with Crippen LogP contribution in [-0.2, 0) is 0 Å². The molecule has 0 spiro atoms. The van der Waals surface area contributed by atoms with Gasteiger partial charge in [-0.05, 0) is 31.2 Å². The molecule has 0 aliphatic carbocycles. The smallest absolute Gasteiger partial charge is 0.253 e. The minimum atomic E-state index is -0.249. The molecule has 114 valence electrons. The molecule has 22 heavy (non-hydrogen) atoms. The summed E-state index contributed by atoms with van der Waals surface area (Å²) in [7, 11) is 0. The topological polar surface area (TPSA) is 47.6 Å². The van der Waals surface area contributed by atoms with Gasteiger partial charge in [0.15, 0.2) is 17.6 Å². The maximum Gasteiger partial charge on any atom is 0.253 e. The monoisotopic (exact) mass is 317 g/mol. The van der Waals surface area contributed by atoms with E-state index in [1.165, 1.54) is 0 Å². The second-order valence-corrected chi connectivity index (χ2v) is 5.56. The van der Waals surface area contributed by atoms with Crippen molar-refractivity contribution in [3.8, 4) is 11.5 Å². The van der Waals surface area contributed by atoms with Gasteiger partial charge in [0.2, 0.25) is 0 Å². The maximum atomic E-state index is 12.3. The first-order valence-electron chi connectivity index (χ1n) is 7.09. The fraction of sp³-hybridized carbons (Fsp3) is 0.235. The van der Waals surface area contributed by atoms with Gasteiger partial charge in [0.25, 0.3) is 5.91 Å². The van der Waals surface area contributed by atoms with Crippen molar-refractivity contribution in [2.24, 2.45) is 0 Å². The van der Waals surface area contributed by atoms with Crippen LogP contribution in [0.15, 0.2) is 48.5 Å². The molecule has 1 aliphatic heterocycles. The van der Waals surface area contributed by atoms with E-state index in [0.717, 1.165) is 5.75 Å². The number of benzene rings is 2. The van der Waals surface area contributed by atoms with E-state index in [-0.39, 0.29) is 18.1 Å². The molecule has 0 unspecified atom stereocenters. The zero-order chi connectivity index (χ0) is 15.5. The summed E-state index contributed by atoms with van der Waals surface area (Å²) in [6, 6.07) is 14.2. The van der Waals surface area contributed by atoms with Gasteiger partial charge < -0.3 is 14.8 Å². The van der Waals surface area contributed by atoms with Crippen molar-refractivity contribution in [1.29, 1.82) is 0 Å². The van der Waals surface area contributed by atoms with E-state index < -0.39 is 0 Å². The van der Waals surface area contributed by atoms with Crippen LogP contribution < -0.4 is 14.8 Å². The zero-order valence-electron chi connectivity index (χ0n) is 12.1.